The SMILES string of the molecule is C[C@H]1CC[C@H]1N1CC[C@H](NC(=O)c2cc(-c3ccc(F)cc3F)on2)[C@@H](C(=O)N(C)C)C1. The summed E-state index contributed by atoms with van der Waals surface area (Å²) in [6.45, 7) is 3.64. The van der Waals surface area contributed by atoms with Gasteiger partial charge >= 0.3 is 0 Å². The number of amides is 2. The van der Waals surface area contributed by atoms with Crippen LogP contribution in [-0.2, 0) is 4.79 Å². The van der Waals surface area contributed by atoms with Crippen molar-refractivity contribution in [3.05, 3.63) is 41.6 Å². The molecule has 4 rings (SSSR count). The molecule has 172 valence electrons. The zero-order chi connectivity index (χ0) is 23.0. The monoisotopic (exact) mass is 446 g/mol. The van der Waals surface area contributed by atoms with Crippen molar-refractivity contribution >= 4 is 11.8 Å². The van der Waals surface area contributed by atoms with Crippen LogP contribution in [0.4, 0.5) is 8.78 Å². The van der Waals surface area contributed by atoms with Gasteiger partial charge < -0.3 is 14.7 Å². The van der Waals surface area contributed by atoms with E-state index >= 15 is 0 Å². The largest absolute Gasteiger partial charge is 0.355 e. The molecule has 1 aliphatic carbocycles. The highest BCUT2D eigenvalue weighted by Crippen LogP contribution is 2.34. The van der Waals surface area contributed by atoms with Crippen LogP contribution in [0.5, 0.6) is 0 Å². The zero-order valence-electron chi connectivity index (χ0n) is 18.5. The average Bonchev–Trinajstić information content (AvgIpc) is 3.23. The van der Waals surface area contributed by atoms with Crippen LogP contribution < -0.4 is 5.32 Å². The van der Waals surface area contributed by atoms with Crippen LogP contribution in [0.3, 0.4) is 0 Å². The Morgan fingerprint density at radius 1 is 1.19 bits per heavy atom. The fourth-order valence-electron chi connectivity index (χ4n) is 4.67. The van der Waals surface area contributed by atoms with Crippen molar-refractivity contribution in [2.75, 3.05) is 27.2 Å². The van der Waals surface area contributed by atoms with Gasteiger partial charge in [0, 0.05) is 51.4 Å². The minimum absolute atomic E-state index is 0.0153. The summed E-state index contributed by atoms with van der Waals surface area (Å²) >= 11 is 0. The van der Waals surface area contributed by atoms with E-state index in [-0.39, 0.29) is 34.9 Å². The molecule has 2 heterocycles. The van der Waals surface area contributed by atoms with Crippen LogP contribution in [0.25, 0.3) is 11.3 Å². The number of likely N-dealkylation sites (tertiary alicyclic amines) is 1. The van der Waals surface area contributed by atoms with Crippen molar-refractivity contribution in [1.29, 1.82) is 0 Å². The molecule has 9 heteroatoms. The number of nitrogens with one attached hydrogen (secondary N) is 1. The summed E-state index contributed by atoms with van der Waals surface area (Å²) in [4.78, 5) is 29.6. The number of rotatable bonds is 5. The van der Waals surface area contributed by atoms with E-state index in [1.165, 1.54) is 18.6 Å². The molecule has 1 aromatic carbocycles. The summed E-state index contributed by atoms with van der Waals surface area (Å²) in [5, 5.41) is 6.68. The molecule has 0 bridgehead atoms. The first kappa shape index (κ1) is 22.4. The molecule has 1 aliphatic heterocycles. The highest BCUT2D eigenvalue weighted by Gasteiger charge is 2.41. The van der Waals surface area contributed by atoms with Crippen molar-refractivity contribution in [3.8, 4) is 11.3 Å². The predicted molar refractivity (Wildman–Crippen MR) is 114 cm³/mol. The fourth-order valence-corrected chi connectivity index (χ4v) is 4.67. The highest BCUT2D eigenvalue weighted by atomic mass is 19.1. The van der Waals surface area contributed by atoms with E-state index in [0.29, 0.717) is 24.9 Å². The highest BCUT2D eigenvalue weighted by molar-refractivity contribution is 5.94. The Morgan fingerprint density at radius 3 is 2.59 bits per heavy atom. The van der Waals surface area contributed by atoms with E-state index in [1.807, 2.05) is 0 Å². The smallest absolute Gasteiger partial charge is 0.273 e. The number of halogens is 2. The first-order chi connectivity index (χ1) is 15.2. The first-order valence-corrected chi connectivity index (χ1v) is 10.9. The van der Waals surface area contributed by atoms with Crippen molar-refractivity contribution in [2.45, 2.75) is 38.3 Å². The van der Waals surface area contributed by atoms with Gasteiger partial charge in [0.1, 0.15) is 11.6 Å². The lowest BCUT2D eigenvalue weighted by Gasteiger charge is -2.48. The van der Waals surface area contributed by atoms with E-state index < -0.39 is 17.5 Å². The van der Waals surface area contributed by atoms with Gasteiger partial charge in [0.05, 0.1) is 11.5 Å². The maximum atomic E-state index is 14.0. The van der Waals surface area contributed by atoms with E-state index in [9.17, 15) is 18.4 Å². The summed E-state index contributed by atoms with van der Waals surface area (Å²) in [5.74, 6) is -1.74. The molecule has 1 saturated heterocycles. The van der Waals surface area contributed by atoms with Crippen molar-refractivity contribution in [1.82, 2.24) is 20.3 Å². The topological polar surface area (TPSA) is 78.7 Å². The van der Waals surface area contributed by atoms with E-state index in [0.717, 1.165) is 25.1 Å². The van der Waals surface area contributed by atoms with Crippen LogP contribution in [-0.4, -0.2) is 66.0 Å². The molecule has 2 fully saturated rings. The number of piperidine rings is 1. The number of hydrogen-bond donors (Lipinski definition) is 1. The molecule has 1 aromatic heterocycles. The number of benzene rings is 1. The number of hydrogen-bond acceptors (Lipinski definition) is 5. The van der Waals surface area contributed by atoms with E-state index in [1.54, 1.807) is 19.0 Å². The number of aromatic nitrogens is 1. The standard InChI is InChI=1S/C23H28F2N4O3/c1-13-4-7-20(13)29-9-8-18(16(12-29)23(31)28(2)3)26-22(30)19-11-21(32-27-19)15-6-5-14(24)10-17(15)25/h5-6,10-11,13,16,18,20H,4,7-9,12H2,1-3H3,(H,26,30)/t13-,16-,18-,20+/m0/s1. The zero-order valence-corrected chi connectivity index (χ0v) is 18.5. The molecular weight excluding hydrogens is 418 g/mol. The van der Waals surface area contributed by atoms with Crippen molar-refractivity contribution in [2.24, 2.45) is 11.8 Å². The number of nitrogens with zero attached hydrogens (tertiary/aromatic N) is 3. The van der Waals surface area contributed by atoms with Crippen LogP contribution in [0.2, 0.25) is 0 Å². The second-order valence-electron chi connectivity index (χ2n) is 9.03. The normalized spacial score (nSPS) is 25.8. The summed E-state index contributed by atoms with van der Waals surface area (Å²) < 4.78 is 32.3. The molecule has 4 atom stereocenters. The van der Waals surface area contributed by atoms with E-state index in [4.69, 9.17) is 4.52 Å². The third-order valence-corrected chi connectivity index (χ3v) is 6.70. The maximum absolute atomic E-state index is 14.0. The Bertz CT molecular complexity index is 1010. The Labute approximate surface area is 185 Å². The van der Waals surface area contributed by atoms with Crippen LogP contribution in [0.15, 0.2) is 28.8 Å². The maximum Gasteiger partial charge on any atom is 0.273 e. The van der Waals surface area contributed by atoms with Crippen LogP contribution in [0.1, 0.15) is 36.7 Å². The van der Waals surface area contributed by atoms with Gasteiger partial charge in [-0.25, -0.2) is 8.78 Å². The Kier molecular flexibility index (Phi) is 6.28. The molecule has 2 amide bonds. The molecule has 2 aromatic rings. The van der Waals surface area contributed by atoms with Gasteiger partial charge in [-0.3, -0.25) is 14.5 Å². The number of carbonyl (C=O) groups is 2. The summed E-state index contributed by atoms with van der Waals surface area (Å²) in [6.07, 6.45) is 3.00. The summed E-state index contributed by atoms with van der Waals surface area (Å²) in [7, 11) is 3.43. The average molecular weight is 446 g/mol. The third-order valence-electron chi connectivity index (χ3n) is 6.70. The first-order valence-electron chi connectivity index (χ1n) is 10.9. The molecule has 7 nitrogen and oxygen atoms in total. The molecule has 1 N–H and O–H groups in total. The van der Waals surface area contributed by atoms with Gasteiger partial charge in [0.25, 0.3) is 5.91 Å². The summed E-state index contributed by atoms with van der Waals surface area (Å²) in [6, 6.07) is 4.55. The van der Waals surface area contributed by atoms with Gasteiger partial charge in [0.2, 0.25) is 5.91 Å². The van der Waals surface area contributed by atoms with Crippen molar-refractivity contribution in [3.63, 3.8) is 0 Å². The molecule has 0 radical (unpaired) electrons. The lowest BCUT2D eigenvalue weighted by Crippen LogP contribution is -2.59. The van der Waals surface area contributed by atoms with Gasteiger partial charge in [-0.05, 0) is 37.3 Å². The Balaban J connectivity index is 1.47. The lowest BCUT2D eigenvalue weighted by molar-refractivity contribution is -0.136. The van der Waals surface area contributed by atoms with Gasteiger partial charge in [-0.1, -0.05) is 12.1 Å². The number of carbonyl (C=O) groups excluding carboxylic acids is 2. The van der Waals surface area contributed by atoms with Gasteiger partial charge in [-0.2, -0.15) is 0 Å². The minimum Gasteiger partial charge on any atom is -0.355 e. The second-order valence-corrected chi connectivity index (χ2v) is 9.03. The van der Waals surface area contributed by atoms with Crippen LogP contribution in [0, 0.1) is 23.5 Å². The Morgan fingerprint density at radius 2 is 1.97 bits per heavy atom. The molecule has 32 heavy (non-hydrogen) atoms. The van der Waals surface area contributed by atoms with Gasteiger partial charge in [-0.15, -0.1) is 0 Å². The minimum atomic E-state index is -0.803. The van der Waals surface area contributed by atoms with Crippen molar-refractivity contribution < 1.29 is 22.9 Å². The van der Waals surface area contributed by atoms with Crippen LogP contribution >= 0.6 is 0 Å². The molecule has 0 spiro atoms. The molecule has 1 saturated carbocycles. The van der Waals surface area contributed by atoms with E-state index in [2.05, 4.69) is 22.3 Å². The lowest BCUT2D eigenvalue weighted by atomic mass is 9.78. The molecule has 2 aliphatic rings. The molecule has 0 unspecified atom stereocenters. The predicted octanol–water partition coefficient (Wildman–Crippen LogP) is 2.93. The molecular formula is C23H28F2N4O3. The quantitative estimate of drug-likeness (QED) is 0.764. The summed E-state index contributed by atoms with van der Waals surface area (Å²) in [5.41, 5.74) is -0.00337. The third kappa shape index (κ3) is 4.39. The fraction of sp³-hybridized carbons (Fsp3) is 0.522. The second kappa shape index (κ2) is 8.97. The van der Waals surface area contributed by atoms with Gasteiger partial charge in [0.15, 0.2) is 11.5 Å². The Hall–Kier alpha value is -2.81.